The number of carbonyl (C=O) groups excluding carboxylic acids is 1. The Morgan fingerprint density at radius 1 is 1.08 bits per heavy atom. The van der Waals surface area contributed by atoms with Gasteiger partial charge in [-0.25, -0.2) is 0 Å². The first-order valence-electron chi connectivity index (χ1n) is 8.65. The van der Waals surface area contributed by atoms with Crippen LogP contribution in [0.5, 0.6) is 0 Å². The van der Waals surface area contributed by atoms with Crippen LogP contribution in [-0.2, 0) is 16.0 Å². The molecule has 0 aromatic heterocycles. The molecule has 1 aliphatic heterocycles. The number of carboxylic acid groups (broad SMARTS) is 1. The maximum absolute atomic E-state index is 12.5. The lowest BCUT2D eigenvalue weighted by molar-refractivity contribution is -0.885. The molecule has 0 unspecified atom stereocenters. The Morgan fingerprint density at radius 3 is 2.38 bits per heavy atom. The monoisotopic (exact) mass is 334 g/mol. The smallest absolute Gasteiger partial charge is 0.303 e. The molecule has 1 saturated heterocycles. The summed E-state index contributed by atoms with van der Waals surface area (Å²) in [5, 5.41) is 23.8. The minimum atomic E-state index is -0.889. The lowest BCUT2D eigenvalue weighted by Crippen LogP contribution is -2.47. The molecule has 1 amide bonds. The predicted octanol–water partition coefficient (Wildman–Crippen LogP) is 2.92. The number of quaternary nitrogens is 1. The van der Waals surface area contributed by atoms with Gasteiger partial charge in [0.2, 0.25) is 5.91 Å². The maximum Gasteiger partial charge on any atom is 0.303 e. The van der Waals surface area contributed by atoms with E-state index >= 15 is 0 Å². The Morgan fingerprint density at radius 2 is 1.75 bits per heavy atom. The van der Waals surface area contributed by atoms with Crippen LogP contribution in [0.2, 0.25) is 0 Å². The third-order valence-electron chi connectivity index (χ3n) is 4.47. The summed E-state index contributed by atoms with van der Waals surface area (Å²) in [7, 11) is 0. The van der Waals surface area contributed by atoms with E-state index in [1.807, 2.05) is 24.3 Å². The van der Waals surface area contributed by atoms with E-state index < -0.39 is 5.97 Å². The third kappa shape index (κ3) is 6.29. The lowest BCUT2D eigenvalue weighted by Gasteiger charge is -2.45. The first-order chi connectivity index (χ1) is 11.5. The first kappa shape index (κ1) is 18.4. The topological polar surface area (TPSA) is 89.5 Å². The molecule has 24 heavy (non-hydrogen) atoms. The van der Waals surface area contributed by atoms with E-state index in [1.165, 1.54) is 6.42 Å². The number of amides is 1. The fourth-order valence-corrected chi connectivity index (χ4v) is 3.02. The van der Waals surface area contributed by atoms with E-state index in [0.29, 0.717) is 18.7 Å². The normalized spacial score (nSPS) is 16.5. The zero-order chi connectivity index (χ0) is 17.4. The SMILES string of the molecule is O=C(O)CCCC(=O)Nc1ccc(CC[N+]2([O-])CCCCC2)cc1. The molecular formula is C18H26N2O4. The average molecular weight is 334 g/mol. The van der Waals surface area contributed by atoms with Crippen LogP contribution in [-0.4, -0.2) is 41.3 Å². The summed E-state index contributed by atoms with van der Waals surface area (Å²) in [6.07, 6.45) is 4.50. The summed E-state index contributed by atoms with van der Waals surface area (Å²) >= 11 is 0. The molecule has 2 rings (SSSR count). The molecule has 2 N–H and O–H groups in total. The number of hydrogen-bond acceptors (Lipinski definition) is 3. The number of hydroxylamine groups is 3. The predicted molar refractivity (Wildman–Crippen MR) is 92.3 cm³/mol. The van der Waals surface area contributed by atoms with E-state index in [4.69, 9.17) is 5.11 Å². The van der Waals surface area contributed by atoms with Crippen LogP contribution in [0.25, 0.3) is 0 Å². The van der Waals surface area contributed by atoms with Gasteiger partial charge in [-0.2, -0.15) is 0 Å². The zero-order valence-corrected chi connectivity index (χ0v) is 14.0. The summed E-state index contributed by atoms with van der Waals surface area (Å²) < 4.78 is -0.0813. The van der Waals surface area contributed by atoms with Gasteiger partial charge in [0.25, 0.3) is 0 Å². The van der Waals surface area contributed by atoms with Gasteiger partial charge in [0.1, 0.15) is 0 Å². The summed E-state index contributed by atoms with van der Waals surface area (Å²) in [6.45, 7) is 2.07. The molecule has 1 aromatic carbocycles. The number of likely N-dealkylation sites (tertiary alicyclic amines) is 1. The Bertz CT molecular complexity index is 551. The van der Waals surface area contributed by atoms with Gasteiger partial charge in [-0.15, -0.1) is 0 Å². The van der Waals surface area contributed by atoms with E-state index in [1.54, 1.807) is 0 Å². The van der Waals surface area contributed by atoms with Crippen molar-refractivity contribution < 1.29 is 19.3 Å². The standard InChI is InChI=1S/C18H26N2O4/c21-17(5-4-6-18(22)23)19-16-9-7-15(8-10-16)11-14-20(24)12-2-1-3-13-20/h7-10H,1-6,11-14H2,(H,19,21)(H,22,23). The van der Waals surface area contributed by atoms with Gasteiger partial charge >= 0.3 is 5.97 Å². The van der Waals surface area contributed by atoms with Crippen LogP contribution in [0.1, 0.15) is 44.1 Å². The molecule has 0 aliphatic carbocycles. The van der Waals surface area contributed by atoms with Crippen molar-refractivity contribution >= 4 is 17.6 Å². The Hall–Kier alpha value is -1.92. The van der Waals surface area contributed by atoms with Gasteiger partial charge in [-0.05, 0) is 43.4 Å². The molecule has 0 saturated carbocycles. The zero-order valence-electron chi connectivity index (χ0n) is 14.0. The van der Waals surface area contributed by atoms with E-state index in [-0.39, 0.29) is 23.4 Å². The van der Waals surface area contributed by atoms with Crippen molar-refractivity contribution in [2.75, 3.05) is 25.0 Å². The van der Waals surface area contributed by atoms with Crippen LogP contribution in [0, 0.1) is 5.21 Å². The number of benzene rings is 1. The Kier molecular flexibility index (Phi) is 6.75. The van der Waals surface area contributed by atoms with Crippen molar-refractivity contribution in [2.45, 2.75) is 44.9 Å². The van der Waals surface area contributed by atoms with Crippen LogP contribution >= 0.6 is 0 Å². The number of piperidine rings is 1. The van der Waals surface area contributed by atoms with Gasteiger partial charge in [0.15, 0.2) is 0 Å². The van der Waals surface area contributed by atoms with Gasteiger partial charge in [0.05, 0.1) is 19.6 Å². The molecule has 6 heteroatoms. The van der Waals surface area contributed by atoms with Crippen LogP contribution in [0.15, 0.2) is 24.3 Å². The molecule has 6 nitrogen and oxygen atoms in total. The van der Waals surface area contributed by atoms with Crippen LogP contribution in [0.3, 0.4) is 0 Å². The maximum atomic E-state index is 12.5. The molecular weight excluding hydrogens is 308 g/mol. The molecule has 1 aliphatic rings. The molecule has 1 heterocycles. The second-order valence-corrected chi connectivity index (χ2v) is 6.53. The molecule has 1 aromatic rings. The molecule has 0 spiro atoms. The lowest BCUT2D eigenvalue weighted by atomic mass is 10.1. The molecule has 132 valence electrons. The van der Waals surface area contributed by atoms with E-state index in [2.05, 4.69) is 5.32 Å². The largest absolute Gasteiger partial charge is 0.633 e. The second-order valence-electron chi connectivity index (χ2n) is 6.53. The number of anilines is 1. The number of aliphatic carboxylic acids is 1. The number of nitrogens with zero attached hydrogens (tertiary/aromatic N) is 1. The highest BCUT2D eigenvalue weighted by Gasteiger charge is 2.20. The number of carboxylic acids is 1. The number of carbonyl (C=O) groups is 2. The minimum Gasteiger partial charge on any atom is -0.633 e. The summed E-state index contributed by atoms with van der Waals surface area (Å²) in [5.41, 5.74) is 1.79. The van der Waals surface area contributed by atoms with Gasteiger partial charge < -0.3 is 20.3 Å². The summed E-state index contributed by atoms with van der Waals surface area (Å²) in [4.78, 5) is 22.1. The van der Waals surface area contributed by atoms with Crippen molar-refractivity contribution in [1.82, 2.24) is 0 Å². The number of hydrogen-bond donors (Lipinski definition) is 2. The molecule has 1 fully saturated rings. The number of rotatable bonds is 8. The van der Waals surface area contributed by atoms with Gasteiger partial charge in [-0.3, -0.25) is 9.59 Å². The van der Waals surface area contributed by atoms with Crippen molar-refractivity contribution in [3.8, 4) is 0 Å². The minimum absolute atomic E-state index is 0.00154. The van der Waals surface area contributed by atoms with E-state index in [0.717, 1.165) is 37.9 Å². The summed E-state index contributed by atoms with van der Waals surface area (Å²) in [5.74, 6) is -1.07. The van der Waals surface area contributed by atoms with Crippen molar-refractivity contribution in [2.24, 2.45) is 0 Å². The quantitative estimate of drug-likeness (QED) is 0.565. The van der Waals surface area contributed by atoms with Crippen LogP contribution in [0.4, 0.5) is 5.69 Å². The van der Waals surface area contributed by atoms with Crippen molar-refractivity contribution in [3.63, 3.8) is 0 Å². The fraction of sp³-hybridized carbons (Fsp3) is 0.556. The number of nitrogens with one attached hydrogen (secondary N) is 1. The van der Waals surface area contributed by atoms with Crippen molar-refractivity contribution in [3.05, 3.63) is 35.0 Å². The van der Waals surface area contributed by atoms with E-state index in [9.17, 15) is 14.8 Å². The Balaban J connectivity index is 1.75. The average Bonchev–Trinajstić information content (AvgIpc) is 2.55. The highest BCUT2D eigenvalue weighted by molar-refractivity contribution is 5.90. The molecule has 0 atom stereocenters. The molecule has 0 radical (unpaired) electrons. The highest BCUT2D eigenvalue weighted by Crippen LogP contribution is 2.19. The first-order valence-corrected chi connectivity index (χ1v) is 8.65. The van der Waals surface area contributed by atoms with Crippen LogP contribution < -0.4 is 5.32 Å². The fourth-order valence-electron chi connectivity index (χ4n) is 3.02. The third-order valence-corrected chi connectivity index (χ3v) is 4.47. The molecule has 0 bridgehead atoms. The second kappa shape index (κ2) is 8.80. The summed E-state index contributed by atoms with van der Waals surface area (Å²) in [6, 6.07) is 7.53. The van der Waals surface area contributed by atoms with Gasteiger partial charge in [-0.1, -0.05) is 12.1 Å². The Labute approximate surface area is 142 Å². The highest BCUT2D eigenvalue weighted by atomic mass is 16.5. The van der Waals surface area contributed by atoms with Crippen molar-refractivity contribution in [1.29, 1.82) is 0 Å². The van der Waals surface area contributed by atoms with Gasteiger partial charge in [0, 0.05) is 24.9 Å².